The lowest BCUT2D eigenvalue weighted by Gasteiger charge is -2.34. The van der Waals surface area contributed by atoms with Crippen LogP contribution >= 0.6 is 0 Å². The van der Waals surface area contributed by atoms with E-state index in [-0.39, 0.29) is 11.8 Å². The van der Waals surface area contributed by atoms with E-state index in [0.717, 1.165) is 24.7 Å². The van der Waals surface area contributed by atoms with Crippen molar-refractivity contribution < 1.29 is 4.79 Å². The van der Waals surface area contributed by atoms with Crippen molar-refractivity contribution in [3.8, 4) is 0 Å². The van der Waals surface area contributed by atoms with Crippen molar-refractivity contribution in [2.75, 3.05) is 31.1 Å². The lowest BCUT2D eigenvalue weighted by molar-refractivity contribution is 0.0744. The zero-order valence-electron chi connectivity index (χ0n) is 13.8. The van der Waals surface area contributed by atoms with Gasteiger partial charge in [-0.3, -0.25) is 9.48 Å². The molecule has 7 heteroatoms. The molecule has 0 aromatic carbocycles. The Morgan fingerprint density at radius 1 is 1.13 bits per heavy atom. The summed E-state index contributed by atoms with van der Waals surface area (Å²) in [4.78, 5) is 25.3. The third-order valence-electron chi connectivity index (χ3n) is 4.04. The fourth-order valence-electron chi connectivity index (χ4n) is 2.83. The van der Waals surface area contributed by atoms with Crippen LogP contribution in [0.1, 0.15) is 35.8 Å². The maximum atomic E-state index is 12.8. The Balaban J connectivity index is 1.69. The van der Waals surface area contributed by atoms with Gasteiger partial charge in [0.15, 0.2) is 0 Å². The second-order valence-corrected chi connectivity index (χ2v) is 6.08. The van der Waals surface area contributed by atoms with Gasteiger partial charge in [0.1, 0.15) is 0 Å². The predicted molar refractivity (Wildman–Crippen MR) is 87.4 cm³/mol. The van der Waals surface area contributed by atoms with Gasteiger partial charge in [-0.15, -0.1) is 0 Å². The van der Waals surface area contributed by atoms with Gasteiger partial charge in [-0.25, -0.2) is 9.97 Å². The number of nitrogens with zero attached hydrogens (tertiary/aromatic N) is 6. The number of aromatic nitrogens is 4. The zero-order chi connectivity index (χ0) is 16.4. The minimum absolute atomic E-state index is 0.0652. The molecule has 122 valence electrons. The molecule has 1 aliphatic rings. The van der Waals surface area contributed by atoms with Gasteiger partial charge in [-0.05, 0) is 12.0 Å². The van der Waals surface area contributed by atoms with Gasteiger partial charge in [0.05, 0.1) is 11.3 Å². The Kier molecular flexibility index (Phi) is 4.27. The molecule has 0 atom stereocenters. The van der Waals surface area contributed by atoms with Gasteiger partial charge in [0.2, 0.25) is 5.95 Å². The molecule has 2 aromatic heterocycles. The van der Waals surface area contributed by atoms with Gasteiger partial charge in [0, 0.05) is 51.8 Å². The van der Waals surface area contributed by atoms with Gasteiger partial charge in [-0.1, -0.05) is 13.8 Å². The van der Waals surface area contributed by atoms with Gasteiger partial charge < -0.3 is 9.80 Å². The zero-order valence-corrected chi connectivity index (χ0v) is 13.8. The molecule has 0 bridgehead atoms. The number of carbonyl (C=O) groups excluding carboxylic acids is 1. The smallest absolute Gasteiger partial charge is 0.257 e. The van der Waals surface area contributed by atoms with Crippen LogP contribution in [0.2, 0.25) is 0 Å². The lowest BCUT2D eigenvalue weighted by atomic mass is 10.1. The first-order valence-electron chi connectivity index (χ1n) is 7.91. The Labute approximate surface area is 135 Å². The first-order chi connectivity index (χ1) is 11.1. The van der Waals surface area contributed by atoms with Crippen LogP contribution in [0.15, 0.2) is 24.7 Å². The Morgan fingerprint density at radius 3 is 2.39 bits per heavy atom. The summed E-state index contributed by atoms with van der Waals surface area (Å²) in [5.41, 5.74) is 1.58. The van der Waals surface area contributed by atoms with Crippen LogP contribution in [-0.2, 0) is 7.05 Å². The average Bonchev–Trinajstić information content (AvgIpc) is 2.97. The number of aryl methyl sites for hydroxylation is 1. The number of piperazine rings is 1. The van der Waals surface area contributed by atoms with E-state index in [2.05, 4.69) is 33.8 Å². The maximum Gasteiger partial charge on any atom is 0.257 e. The molecule has 1 fully saturated rings. The van der Waals surface area contributed by atoms with Crippen LogP contribution in [0.4, 0.5) is 5.95 Å². The van der Waals surface area contributed by atoms with E-state index in [0.29, 0.717) is 18.7 Å². The van der Waals surface area contributed by atoms with Crippen molar-refractivity contribution in [2.45, 2.75) is 19.8 Å². The van der Waals surface area contributed by atoms with E-state index in [1.807, 2.05) is 18.1 Å². The van der Waals surface area contributed by atoms with Gasteiger partial charge >= 0.3 is 0 Å². The molecule has 2 aromatic rings. The summed E-state index contributed by atoms with van der Waals surface area (Å²) < 4.78 is 1.72. The Hall–Kier alpha value is -2.44. The normalized spacial score (nSPS) is 15.3. The minimum atomic E-state index is 0.0652. The minimum Gasteiger partial charge on any atom is -0.337 e. The van der Waals surface area contributed by atoms with Crippen LogP contribution in [0.25, 0.3) is 0 Å². The number of carbonyl (C=O) groups is 1. The van der Waals surface area contributed by atoms with Crippen molar-refractivity contribution in [3.63, 3.8) is 0 Å². The molecule has 1 amide bonds. The highest BCUT2D eigenvalue weighted by Crippen LogP contribution is 2.20. The molecular weight excluding hydrogens is 292 g/mol. The van der Waals surface area contributed by atoms with Crippen molar-refractivity contribution in [1.29, 1.82) is 0 Å². The third-order valence-corrected chi connectivity index (χ3v) is 4.04. The molecule has 23 heavy (non-hydrogen) atoms. The summed E-state index contributed by atoms with van der Waals surface area (Å²) in [6, 6.07) is 1.80. The van der Waals surface area contributed by atoms with Crippen molar-refractivity contribution in [2.24, 2.45) is 7.05 Å². The van der Waals surface area contributed by atoms with E-state index < -0.39 is 0 Å². The summed E-state index contributed by atoms with van der Waals surface area (Å²) in [6.45, 7) is 6.95. The molecule has 3 heterocycles. The fraction of sp³-hybridized carbons (Fsp3) is 0.500. The molecule has 0 unspecified atom stereocenters. The van der Waals surface area contributed by atoms with E-state index in [9.17, 15) is 4.79 Å². The molecule has 0 saturated carbocycles. The SMILES string of the molecule is CC(C)c1nn(C)cc1C(=O)N1CCN(c2ncccn2)CC1. The predicted octanol–water partition coefficient (Wildman–Crippen LogP) is 1.30. The first-order valence-corrected chi connectivity index (χ1v) is 7.91. The van der Waals surface area contributed by atoms with Crippen LogP contribution in [0.3, 0.4) is 0 Å². The van der Waals surface area contributed by atoms with Crippen LogP contribution < -0.4 is 4.90 Å². The summed E-state index contributed by atoms with van der Waals surface area (Å²) in [5.74, 6) is 1.02. The van der Waals surface area contributed by atoms with E-state index >= 15 is 0 Å². The highest BCUT2D eigenvalue weighted by molar-refractivity contribution is 5.95. The highest BCUT2D eigenvalue weighted by atomic mass is 16.2. The second kappa shape index (κ2) is 6.36. The number of amides is 1. The quantitative estimate of drug-likeness (QED) is 0.854. The maximum absolute atomic E-state index is 12.8. The highest BCUT2D eigenvalue weighted by Gasteiger charge is 2.27. The van der Waals surface area contributed by atoms with Crippen LogP contribution in [0.5, 0.6) is 0 Å². The molecule has 1 saturated heterocycles. The monoisotopic (exact) mass is 314 g/mol. The van der Waals surface area contributed by atoms with Crippen molar-refractivity contribution >= 4 is 11.9 Å². The molecule has 0 spiro atoms. The van der Waals surface area contributed by atoms with Gasteiger partial charge in [-0.2, -0.15) is 5.10 Å². The largest absolute Gasteiger partial charge is 0.337 e. The Bertz CT molecular complexity index is 673. The summed E-state index contributed by atoms with van der Waals surface area (Å²) in [5, 5.41) is 4.43. The summed E-state index contributed by atoms with van der Waals surface area (Å²) >= 11 is 0. The van der Waals surface area contributed by atoms with E-state index in [4.69, 9.17) is 0 Å². The number of hydrogen-bond donors (Lipinski definition) is 0. The molecule has 1 aliphatic heterocycles. The fourth-order valence-corrected chi connectivity index (χ4v) is 2.83. The summed E-state index contributed by atoms with van der Waals surface area (Å²) in [7, 11) is 1.85. The molecule has 0 aliphatic carbocycles. The average molecular weight is 314 g/mol. The Morgan fingerprint density at radius 2 is 1.78 bits per heavy atom. The number of hydrogen-bond acceptors (Lipinski definition) is 5. The standard InChI is InChI=1S/C16H22N6O/c1-12(2)14-13(11-20(3)19-14)15(23)21-7-9-22(10-8-21)16-17-5-4-6-18-16/h4-6,11-12H,7-10H2,1-3H3. The third kappa shape index (κ3) is 3.18. The number of anilines is 1. The second-order valence-electron chi connectivity index (χ2n) is 6.08. The van der Waals surface area contributed by atoms with Crippen LogP contribution in [-0.4, -0.2) is 56.7 Å². The first kappa shape index (κ1) is 15.5. The molecule has 3 rings (SSSR count). The molecule has 0 radical (unpaired) electrons. The summed E-state index contributed by atoms with van der Waals surface area (Å²) in [6.07, 6.45) is 5.30. The number of rotatable bonds is 3. The van der Waals surface area contributed by atoms with E-state index in [1.165, 1.54) is 0 Å². The lowest BCUT2D eigenvalue weighted by Crippen LogP contribution is -2.49. The van der Waals surface area contributed by atoms with Crippen molar-refractivity contribution in [1.82, 2.24) is 24.6 Å². The van der Waals surface area contributed by atoms with Crippen molar-refractivity contribution in [3.05, 3.63) is 35.9 Å². The van der Waals surface area contributed by atoms with E-state index in [1.54, 1.807) is 23.1 Å². The topological polar surface area (TPSA) is 67.2 Å². The van der Waals surface area contributed by atoms with Crippen LogP contribution in [0, 0.1) is 0 Å². The van der Waals surface area contributed by atoms with Gasteiger partial charge in [0.25, 0.3) is 5.91 Å². The molecule has 7 nitrogen and oxygen atoms in total. The molecular formula is C16H22N6O. The molecule has 0 N–H and O–H groups in total.